The number of ketones is 1. The first-order valence-electron chi connectivity index (χ1n) is 19.2. The molecule has 1 aromatic rings. The number of rotatable bonds is 9. The van der Waals surface area contributed by atoms with E-state index in [0.29, 0.717) is 37.9 Å². The molecule has 1 aromatic carbocycles. The first-order valence-corrected chi connectivity index (χ1v) is 19.2. The summed E-state index contributed by atoms with van der Waals surface area (Å²) >= 11 is 0. The van der Waals surface area contributed by atoms with Gasteiger partial charge in [-0.1, -0.05) is 32.9 Å². The Labute approximate surface area is 322 Å². The lowest BCUT2D eigenvalue weighted by atomic mass is 9.78. The molecule has 0 aromatic heterocycles. The van der Waals surface area contributed by atoms with Crippen LogP contribution in [0.25, 0.3) is 0 Å². The second kappa shape index (κ2) is 18.2. The van der Waals surface area contributed by atoms with Gasteiger partial charge < -0.3 is 49.6 Å². The SMILES string of the molecule is CC[C@H]1OC(=O)C(C)C(=O)[C@H](C)[C@@H](O[C@@H]2OC(CNCc3ccc(C(F)(F)F)cc3)CC(N(C)C)C2O)[C@](C)(OC)C[C@@H](C)CN[C@H](C)[C@H]2NC(=O)O[C@@]21C. The molecule has 4 unspecified atom stereocenters. The zero-order valence-electron chi connectivity index (χ0n) is 33.7. The van der Waals surface area contributed by atoms with Gasteiger partial charge in [-0.3, -0.25) is 9.59 Å². The summed E-state index contributed by atoms with van der Waals surface area (Å²) in [5, 5.41) is 21.3. The van der Waals surface area contributed by atoms with E-state index in [1.807, 2.05) is 46.7 Å². The molecule has 3 aliphatic heterocycles. The Bertz CT molecular complexity index is 1470. The Kier molecular flexibility index (Phi) is 14.8. The number of benzene rings is 1. The van der Waals surface area contributed by atoms with Crippen LogP contribution in [0.3, 0.4) is 0 Å². The van der Waals surface area contributed by atoms with E-state index in [2.05, 4.69) is 16.0 Å². The first kappa shape index (κ1) is 44.8. The van der Waals surface area contributed by atoms with E-state index in [9.17, 15) is 32.7 Å². The number of hydrogen-bond donors (Lipinski definition) is 4. The number of amides is 1. The van der Waals surface area contributed by atoms with Crippen LogP contribution in [0.15, 0.2) is 24.3 Å². The third-order valence-electron chi connectivity index (χ3n) is 11.7. The normalized spacial score (nSPS) is 38.4. The van der Waals surface area contributed by atoms with Crippen LogP contribution in [0.1, 0.15) is 78.9 Å². The van der Waals surface area contributed by atoms with E-state index in [1.54, 1.807) is 13.8 Å². The number of methoxy groups -OCH3 is 1. The van der Waals surface area contributed by atoms with Gasteiger partial charge in [-0.05, 0) is 91.2 Å². The maximum Gasteiger partial charge on any atom is 0.416 e. The summed E-state index contributed by atoms with van der Waals surface area (Å²) in [7, 11) is 5.19. The lowest BCUT2D eigenvalue weighted by Gasteiger charge is -2.47. The van der Waals surface area contributed by atoms with Gasteiger partial charge in [0.15, 0.2) is 17.7 Å². The predicted octanol–water partition coefficient (Wildman–Crippen LogP) is 4.04. The Balaban J connectivity index is 1.61. The first-order chi connectivity index (χ1) is 25.6. The summed E-state index contributed by atoms with van der Waals surface area (Å²) in [4.78, 5) is 42.4. The molecule has 3 aliphatic rings. The Morgan fingerprint density at radius 2 is 1.73 bits per heavy atom. The van der Waals surface area contributed by atoms with E-state index in [0.717, 1.165) is 12.1 Å². The molecule has 0 bridgehead atoms. The van der Waals surface area contributed by atoms with Crippen molar-refractivity contribution in [2.45, 2.75) is 140 Å². The van der Waals surface area contributed by atoms with Crippen molar-refractivity contribution in [3.8, 4) is 0 Å². The topological polar surface area (TPSA) is 157 Å². The van der Waals surface area contributed by atoms with Crippen molar-refractivity contribution < 1.29 is 56.3 Å². The minimum absolute atomic E-state index is 0.0543. The minimum Gasteiger partial charge on any atom is -0.458 e. The fraction of sp³-hybridized carbons (Fsp3) is 0.769. The average Bonchev–Trinajstić information content (AvgIpc) is 3.45. The van der Waals surface area contributed by atoms with Crippen molar-refractivity contribution in [3.05, 3.63) is 35.4 Å². The van der Waals surface area contributed by atoms with E-state index >= 15 is 0 Å². The van der Waals surface area contributed by atoms with Crippen LogP contribution >= 0.6 is 0 Å². The van der Waals surface area contributed by atoms with Gasteiger partial charge in [-0.2, -0.15) is 13.2 Å². The number of alkyl carbamates (subject to hydrolysis) is 1. The highest BCUT2D eigenvalue weighted by Crippen LogP contribution is 2.38. The molecule has 312 valence electrons. The van der Waals surface area contributed by atoms with Gasteiger partial charge in [0, 0.05) is 38.2 Å². The zero-order chi connectivity index (χ0) is 41.0. The Morgan fingerprint density at radius 1 is 1.07 bits per heavy atom. The molecule has 0 spiro atoms. The van der Waals surface area contributed by atoms with E-state index < -0.39 is 95.4 Å². The highest BCUT2D eigenvalue weighted by atomic mass is 19.4. The van der Waals surface area contributed by atoms with Crippen molar-refractivity contribution in [2.75, 3.05) is 34.3 Å². The number of ether oxygens (including phenoxy) is 5. The van der Waals surface area contributed by atoms with Gasteiger partial charge in [0.1, 0.15) is 18.1 Å². The summed E-state index contributed by atoms with van der Waals surface area (Å²) in [6, 6.07) is 3.67. The number of halogens is 3. The van der Waals surface area contributed by atoms with Crippen LogP contribution in [-0.4, -0.2) is 122 Å². The van der Waals surface area contributed by atoms with Gasteiger partial charge in [0.2, 0.25) is 0 Å². The van der Waals surface area contributed by atoms with Crippen molar-refractivity contribution in [3.63, 3.8) is 0 Å². The van der Waals surface area contributed by atoms with Gasteiger partial charge >= 0.3 is 18.2 Å². The molecule has 55 heavy (non-hydrogen) atoms. The largest absolute Gasteiger partial charge is 0.458 e. The summed E-state index contributed by atoms with van der Waals surface area (Å²) < 4.78 is 70.1. The van der Waals surface area contributed by atoms with E-state index in [-0.39, 0.29) is 18.5 Å². The smallest absolute Gasteiger partial charge is 0.416 e. The lowest BCUT2D eigenvalue weighted by Crippen LogP contribution is -2.60. The molecule has 13 nitrogen and oxygen atoms in total. The summed E-state index contributed by atoms with van der Waals surface area (Å²) in [5.74, 6) is -3.46. The van der Waals surface area contributed by atoms with Crippen LogP contribution in [0.5, 0.6) is 0 Å². The van der Waals surface area contributed by atoms with Crippen molar-refractivity contribution in [2.24, 2.45) is 17.8 Å². The molecule has 3 fully saturated rings. The number of nitrogens with zero attached hydrogens (tertiary/aromatic N) is 1. The maximum atomic E-state index is 14.3. The van der Waals surface area contributed by atoms with Crippen molar-refractivity contribution in [1.29, 1.82) is 0 Å². The summed E-state index contributed by atoms with van der Waals surface area (Å²) in [5.41, 5.74) is -2.40. The minimum atomic E-state index is -4.42. The third-order valence-corrected chi connectivity index (χ3v) is 11.7. The van der Waals surface area contributed by atoms with Crippen LogP contribution in [0.4, 0.5) is 18.0 Å². The molecular weight excluding hydrogens is 725 g/mol. The second-order valence-corrected chi connectivity index (χ2v) is 16.2. The lowest BCUT2D eigenvalue weighted by molar-refractivity contribution is -0.297. The summed E-state index contributed by atoms with van der Waals surface area (Å²) in [6.45, 7) is 13.5. The molecule has 4 rings (SSSR count). The van der Waals surface area contributed by atoms with Crippen LogP contribution < -0.4 is 16.0 Å². The number of hydrogen-bond acceptors (Lipinski definition) is 12. The number of fused-ring (bicyclic) bond motifs is 1. The van der Waals surface area contributed by atoms with Crippen LogP contribution in [0, 0.1) is 17.8 Å². The molecule has 3 heterocycles. The quantitative estimate of drug-likeness (QED) is 0.211. The molecule has 16 heteroatoms. The van der Waals surface area contributed by atoms with E-state index in [1.165, 1.54) is 26.2 Å². The van der Waals surface area contributed by atoms with Crippen LogP contribution in [-0.2, 0) is 46.0 Å². The molecule has 3 saturated heterocycles. The highest BCUT2D eigenvalue weighted by molar-refractivity contribution is 6.00. The second-order valence-electron chi connectivity index (χ2n) is 16.2. The number of alkyl halides is 3. The van der Waals surface area contributed by atoms with E-state index in [4.69, 9.17) is 23.7 Å². The fourth-order valence-electron chi connectivity index (χ4n) is 8.34. The number of cyclic esters (lactones) is 1. The number of aliphatic hydroxyl groups is 1. The number of carbonyl (C=O) groups excluding carboxylic acids is 3. The van der Waals surface area contributed by atoms with Crippen molar-refractivity contribution in [1.82, 2.24) is 20.9 Å². The third kappa shape index (κ3) is 10.4. The monoisotopic (exact) mass is 786 g/mol. The van der Waals surface area contributed by atoms with Gasteiger partial charge in [-0.15, -0.1) is 0 Å². The molecule has 4 N–H and O–H groups in total. The highest BCUT2D eigenvalue weighted by Gasteiger charge is 2.55. The standard InChI is InChI=1S/C39H61F3N4O9/c1-11-29-38(7)32(45-36(50)55-38)24(5)44-18-21(2)17-37(6,51-10)33(22(3)30(47)23(4)34(49)53-29)54-35-31(48)28(46(8)9)16-27(52-35)20-43-19-25-12-14-26(15-13-25)39(40,41)42/h12-15,21-24,27-29,31-33,35,43-44,48H,11,16-20H2,1-10H3,(H,45,50)/t21-,22+,23?,24-,27?,28?,29-,31?,32-,33-,35+,37-,38-/m1/s1. The molecule has 13 atom stereocenters. The molecule has 0 aliphatic carbocycles. The number of carbonyl (C=O) groups is 3. The molecule has 0 saturated carbocycles. The van der Waals surface area contributed by atoms with Crippen molar-refractivity contribution >= 4 is 17.8 Å². The van der Waals surface area contributed by atoms with Crippen LogP contribution in [0.2, 0.25) is 0 Å². The van der Waals surface area contributed by atoms with Gasteiger partial charge in [-0.25, -0.2) is 4.79 Å². The van der Waals surface area contributed by atoms with Gasteiger partial charge in [0.05, 0.1) is 29.4 Å². The number of Topliss-reactive ketones (excluding diaryl/α,β-unsaturated/α-hetero) is 1. The number of esters is 1. The zero-order valence-corrected chi connectivity index (χ0v) is 33.7. The summed E-state index contributed by atoms with van der Waals surface area (Å²) in [6.07, 6.45) is -8.59. The average molecular weight is 787 g/mol. The fourth-order valence-corrected chi connectivity index (χ4v) is 8.34. The predicted molar refractivity (Wildman–Crippen MR) is 197 cm³/mol. The number of aliphatic hydroxyl groups excluding tert-OH is 1. The molecular formula is C39H61F3N4O9. The molecule has 1 amide bonds. The number of likely N-dealkylation sites (N-methyl/N-ethyl adjacent to an activating group) is 1. The molecule has 0 radical (unpaired) electrons. The van der Waals surface area contributed by atoms with Gasteiger partial charge in [0.25, 0.3) is 0 Å². The Morgan fingerprint density at radius 3 is 2.31 bits per heavy atom. The number of nitrogens with one attached hydrogen (secondary N) is 3. The Hall–Kier alpha value is -2.86. The maximum absolute atomic E-state index is 14.3.